The Kier molecular flexibility index (Phi) is 7.72. The van der Waals surface area contributed by atoms with Crippen molar-refractivity contribution in [2.45, 2.75) is 49.7 Å². The van der Waals surface area contributed by atoms with E-state index in [-0.39, 0.29) is 12.8 Å². The van der Waals surface area contributed by atoms with Crippen molar-refractivity contribution >= 4 is 7.82 Å². The number of aliphatic hydroxyl groups is 2. The summed E-state index contributed by atoms with van der Waals surface area (Å²) in [6, 6.07) is 0. The van der Waals surface area contributed by atoms with Crippen LogP contribution in [0.25, 0.3) is 0 Å². The molecule has 7 atom stereocenters. The molecule has 4 rings (SSSR count). The molecule has 0 aromatic carbocycles. The zero-order valence-electron chi connectivity index (χ0n) is 18.6. The number of hydrogen-bond donors (Lipinski definition) is 5. The Hall–Kier alpha value is -2.83. The van der Waals surface area contributed by atoms with Gasteiger partial charge in [-0.05, 0) is 0 Å². The SMILES string of the molecule is O=c1[nH]c(=O)n([C@@H]2C[C@@H](O)[C@H](COP(=O)(O)O[C@@H]3C[C@H](n4cc(F)c(=O)[nH]c4=O)O[C@H]3CO)O2)cc1F. The zero-order chi connectivity index (χ0) is 27.1. The van der Waals surface area contributed by atoms with Gasteiger partial charge in [0.1, 0.15) is 30.8 Å². The highest BCUT2D eigenvalue weighted by atomic mass is 31.2. The fourth-order valence-electron chi connectivity index (χ4n) is 3.90. The van der Waals surface area contributed by atoms with Crippen molar-refractivity contribution in [3.63, 3.8) is 0 Å². The molecule has 16 nitrogen and oxygen atoms in total. The molecule has 0 radical (unpaired) electrons. The third-order valence-electron chi connectivity index (χ3n) is 5.70. The van der Waals surface area contributed by atoms with Crippen LogP contribution in [-0.2, 0) is 23.1 Å². The van der Waals surface area contributed by atoms with Gasteiger partial charge in [0.2, 0.25) is 11.6 Å². The van der Waals surface area contributed by atoms with Gasteiger partial charge in [0.25, 0.3) is 11.1 Å². The molecule has 5 N–H and O–H groups in total. The van der Waals surface area contributed by atoms with Crippen LogP contribution in [0.2, 0.25) is 0 Å². The molecule has 4 heterocycles. The number of nitrogens with zero attached hydrogens (tertiary/aromatic N) is 2. The molecule has 0 amide bonds. The lowest BCUT2D eigenvalue weighted by molar-refractivity contribution is -0.0578. The van der Waals surface area contributed by atoms with Gasteiger partial charge >= 0.3 is 19.2 Å². The molecule has 2 aromatic heterocycles. The van der Waals surface area contributed by atoms with E-state index in [9.17, 15) is 47.6 Å². The quantitative estimate of drug-likeness (QED) is 0.219. The summed E-state index contributed by atoms with van der Waals surface area (Å²) in [5, 5.41) is 19.7. The smallest absolute Gasteiger partial charge is 0.394 e. The van der Waals surface area contributed by atoms with Crippen LogP contribution < -0.4 is 22.5 Å². The average molecular weight is 554 g/mol. The molecule has 2 aliphatic heterocycles. The van der Waals surface area contributed by atoms with E-state index in [0.717, 1.165) is 0 Å². The highest BCUT2D eigenvalue weighted by molar-refractivity contribution is 7.47. The summed E-state index contributed by atoms with van der Waals surface area (Å²) in [5.74, 6) is -2.56. The summed E-state index contributed by atoms with van der Waals surface area (Å²) in [7, 11) is -4.91. The number of ether oxygens (including phenoxy) is 2. The predicted octanol–water partition coefficient (Wildman–Crippen LogP) is -2.20. The highest BCUT2D eigenvalue weighted by Gasteiger charge is 2.43. The number of aromatic amines is 2. The second kappa shape index (κ2) is 10.5. The topological polar surface area (TPSA) is 224 Å². The fraction of sp³-hybridized carbons (Fsp3) is 0.556. The first-order valence-corrected chi connectivity index (χ1v) is 12.2. The maximum Gasteiger partial charge on any atom is 0.472 e. The number of aliphatic hydroxyl groups excluding tert-OH is 2. The molecule has 19 heteroatoms. The van der Waals surface area contributed by atoms with Crippen molar-refractivity contribution < 1.29 is 47.0 Å². The first-order chi connectivity index (χ1) is 17.4. The van der Waals surface area contributed by atoms with Crippen LogP contribution >= 0.6 is 7.82 Å². The Morgan fingerprint density at radius 1 is 0.973 bits per heavy atom. The van der Waals surface area contributed by atoms with E-state index in [2.05, 4.69) is 0 Å². The van der Waals surface area contributed by atoms with Crippen molar-refractivity contribution in [2.24, 2.45) is 0 Å². The average Bonchev–Trinajstić information content (AvgIpc) is 3.39. The van der Waals surface area contributed by atoms with Crippen LogP contribution in [0.3, 0.4) is 0 Å². The largest absolute Gasteiger partial charge is 0.472 e. The Morgan fingerprint density at radius 2 is 1.49 bits per heavy atom. The lowest BCUT2D eigenvalue weighted by atomic mass is 10.2. The van der Waals surface area contributed by atoms with E-state index in [1.807, 2.05) is 0 Å². The molecule has 2 saturated heterocycles. The molecular formula is C18H21F2N4O12P. The lowest BCUT2D eigenvalue weighted by Gasteiger charge is -2.21. The van der Waals surface area contributed by atoms with Crippen molar-refractivity contribution in [1.29, 1.82) is 0 Å². The van der Waals surface area contributed by atoms with E-state index in [1.165, 1.54) is 0 Å². The number of H-pyrrole nitrogens is 2. The molecule has 1 unspecified atom stereocenters. The first kappa shape index (κ1) is 27.2. The van der Waals surface area contributed by atoms with Gasteiger partial charge in [-0.1, -0.05) is 0 Å². The molecule has 2 aromatic rings. The van der Waals surface area contributed by atoms with Crippen molar-refractivity contribution in [3.05, 3.63) is 65.7 Å². The molecule has 2 fully saturated rings. The maximum atomic E-state index is 13.6. The Bertz CT molecular complexity index is 1440. The molecule has 37 heavy (non-hydrogen) atoms. The van der Waals surface area contributed by atoms with E-state index in [1.54, 1.807) is 9.97 Å². The zero-order valence-corrected chi connectivity index (χ0v) is 19.5. The van der Waals surface area contributed by atoms with Gasteiger partial charge in [0.15, 0.2) is 0 Å². The van der Waals surface area contributed by atoms with E-state index in [0.29, 0.717) is 21.5 Å². The van der Waals surface area contributed by atoms with Crippen molar-refractivity contribution in [1.82, 2.24) is 19.1 Å². The summed E-state index contributed by atoms with van der Waals surface area (Å²) in [6.07, 6.45) is -7.04. The minimum Gasteiger partial charge on any atom is -0.394 e. The van der Waals surface area contributed by atoms with Crippen LogP contribution in [-0.4, -0.2) is 71.8 Å². The standard InChI is InChI=1S/C18H21F2N4O12P/c19-7-3-23(17(29)21-15(7)27)13-1-9(26)12(35-13)6-33-37(31,32)36-10-2-14(34-11(10)5-25)24-4-8(20)16(28)22-18(24)30/h3-4,9-14,25-26H,1-2,5-6H2,(H,31,32)(H,21,27,29)(H,22,28,30)/t9-,10-,11+,12+,13+,14-/m1/s1. The van der Waals surface area contributed by atoms with Gasteiger partial charge in [-0.2, -0.15) is 8.78 Å². The van der Waals surface area contributed by atoms with Crippen LogP contribution in [0.5, 0.6) is 0 Å². The highest BCUT2D eigenvalue weighted by Crippen LogP contribution is 2.48. The van der Waals surface area contributed by atoms with Crippen LogP contribution in [0, 0.1) is 11.6 Å². The van der Waals surface area contributed by atoms with Gasteiger partial charge < -0.3 is 24.6 Å². The summed E-state index contributed by atoms with van der Waals surface area (Å²) in [5.41, 5.74) is -4.53. The Morgan fingerprint density at radius 3 is 2.03 bits per heavy atom. The Balaban J connectivity index is 1.39. The number of rotatable bonds is 8. The van der Waals surface area contributed by atoms with Crippen LogP contribution in [0.4, 0.5) is 8.78 Å². The lowest BCUT2D eigenvalue weighted by Crippen LogP contribution is -2.34. The van der Waals surface area contributed by atoms with Crippen LogP contribution in [0.15, 0.2) is 31.6 Å². The van der Waals surface area contributed by atoms with E-state index >= 15 is 0 Å². The molecule has 0 aliphatic carbocycles. The van der Waals surface area contributed by atoms with Gasteiger partial charge in [-0.15, -0.1) is 0 Å². The second-order valence-corrected chi connectivity index (χ2v) is 9.58. The summed E-state index contributed by atoms with van der Waals surface area (Å²) >= 11 is 0. The number of hydrogen-bond acceptors (Lipinski definition) is 11. The molecule has 2 aliphatic rings. The third-order valence-corrected chi connectivity index (χ3v) is 6.72. The maximum absolute atomic E-state index is 13.6. The monoisotopic (exact) mass is 554 g/mol. The van der Waals surface area contributed by atoms with E-state index in [4.69, 9.17) is 18.5 Å². The molecule has 0 spiro atoms. The number of nitrogens with one attached hydrogen (secondary N) is 2. The molecule has 204 valence electrons. The number of phosphoric ester groups is 1. The predicted molar refractivity (Wildman–Crippen MR) is 113 cm³/mol. The number of halogens is 2. The second-order valence-electron chi connectivity index (χ2n) is 8.18. The number of phosphoric acid groups is 1. The normalized spacial score (nSPS) is 29.4. The minimum atomic E-state index is -4.91. The van der Waals surface area contributed by atoms with E-state index < -0.39 is 92.0 Å². The third kappa shape index (κ3) is 5.86. The molecule has 0 saturated carbocycles. The minimum absolute atomic E-state index is 0.245. The summed E-state index contributed by atoms with van der Waals surface area (Å²) < 4.78 is 61.7. The van der Waals surface area contributed by atoms with Crippen molar-refractivity contribution in [3.8, 4) is 0 Å². The molecule has 0 bridgehead atoms. The Labute approximate surface area is 203 Å². The van der Waals surface area contributed by atoms with Crippen molar-refractivity contribution in [2.75, 3.05) is 13.2 Å². The summed E-state index contributed by atoms with van der Waals surface area (Å²) in [4.78, 5) is 59.9. The summed E-state index contributed by atoms with van der Waals surface area (Å²) in [6.45, 7) is -1.45. The molecular weight excluding hydrogens is 533 g/mol. The van der Waals surface area contributed by atoms with Gasteiger partial charge in [-0.3, -0.25) is 37.7 Å². The van der Waals surface area contributed by atoms with Crippen LogP contribution in [0.1, 0.15) is 25.3 Å². The van der Waals surface area contributed by atoms with Gasteiger partial charge in [0.05, 0.1) is 31.7 Å². The number of aromatic nitrogens is 4. The van der Waals surface area contributed by atoms with Gasteiger partial charge in [0, 0.05) is 12.8 Å². The van der Waals surface area contributed by atoms with Gasteiger partial charge in [-0.25, -0.2) is 14.2 Å². The first-order valence-electron chi connectivity index (χ1n) is 10.7. The fourth-order valence-corrected chi connectivity index (χ4v) is 4.86.